The van der Waals surface area contributed by atoms with E-state index in [2.05, 4.69) is 60.7 Å². The summed E-state index contributed by atoms with van der Waals surface area (Å²) < 4.78 is 0. The Hall–Kier alpha value is -2.39. The van der Waals surface area contributed by atoms with Crippen LogP contribution >= 0.6 is 0 Å². The normalized spacial score (nSPS) is 11.0. The standard InChI is InChI=1S/C19H21N3/c1-22(2)13-12-20-19-14-18(15-8-4-3-5-9-15)21-17-11-7-6-10-16(17)19/h3-11,14H,12-13H2,1-2H3,(H,20,21). The Balaban J connectivity index is 2.01. The molecule has 0 saturated heterocycles. The maximum atomic E-state index is 4.80. The molecule has 3 aromatic rings. The molecule has 1 heterocycles. The average molecular weight is 291 g/mol. The fourth-order valence-electron chi connectivity index (χ4n) is 2.49. The lowest BCUT2D eigenvalue weighted by Crippen LogP contribution is -2.20. The summed E-state index contributed by atoms with van der Waals surface area (Å²) in [6.45, 7) is 1.91. The van der Waals surface area contributed by atoms with Crippen molar-refractivity contribution in [2.75, 3.05) is 32.5 Å². The molecule has 0 aliphatic rings. The molecule has 0 aliphatic heterocycles. The van der Waals surface area contributed by atoms with Crippen LogP contribution < -0.4 is 5.32 Å². The zero-order chi connectivity index (χ0) is 15.4. The van der Waals surface area contributed by atoms with Crippen molar-refractivity contribution in [1.82, 2.24) is 9.88 Å². The molecule has 3 heteroatoms. The first-order chi connectivity index (χ1) is 10.7. The summed E-state index contributed by atoms with van der Waals surface area (Å²) >= 11 is 0. The van der Waals surface area contributed by atoms with Crippen LogP contribution in [0.2, 0.25) is 0 Å². The molecule has 0 unspecified atom stereocenters. The minimum Gasteiger partial charge on any atom is -0.383 e. The molecule has 0 radical (unpaired) electrons. The van der Waals surface area contributed by atoms with Crippen molar-refractivity contribution in [1.29, 1.82) is 0 Å². The number of likely N-dealkylation sites (N-methyl/N-ethyl adjacent to an activating group) is 1. The van der Waals surface area contributed by atoms with Crippen molar-refractivity contribution in [2.24, 2.45) is 0 Å². The summed E-state index contributed by atoms with van der Waals surface area (Å²) in [5.74, 6) is 0. The predicted molar refractivity (Wildman–Crippen MR) is 94.2 cm³/mol. The van der Waals surface area contributed by atoms with E-state index in [4.69, 9.17) is 4.98 Å². The fourth-order valence-corrected chi connectivity index (χ4v) is 2.49. The van der Waals surface area contributed by atoms with Crippen molar-refractivity contribution >= 4 is 16.6 Å². The zero-order valence-electron chi connectivity index (χ0n) is 13.1. The minimum absolute atomic E-state index is 0.912. The van der Waals surface area contributed by atoms with E-state index < -0.39 is 0 Å². The van der Waals surface area contributed by atoms with Crippen LogP contribution in [0, 0.1) is 0 Å². The van der Waals surface area contributed by atoms with Gasteiger partial charge < -0.3 is 10.2 Å². The van der Waals surface area contributed by atoms with Crippen LogP contribution in [0.15, 0.2) is 60.7 Å². The van der Waals surface area contributed by atoms with E-state index in [0.717, 1.165) is 35.6 Å². The molecule has 0 saturated carbocycles. The number of nitrogens with zero attached hydrogens (tertiary/aromatic N) is 2. The Morgan fingerprint density at radius 1 is 0.955 bits per heavy atom. The molecule has 0 atom stereocenters. The molecular weight excluding hydrogens is 270 g/mol. The first-order valence-electron chi connectivity index (χ1n) is 7.58. The van der Waals surface area contributed by atoms with Crippen LogP contribution in [0.25, 0.3) is 22.2 Å². The first kappa shape index (κ1) is 14.5. The van der Waals surface area contributed by atoms with Crippen molar-refractivity contribution in [3.63, 3.8) is 0 Å². The molecule has 0 bridgehead atoms. The van der Waals surface area contributed by atoms with Crippen LogP contribution in [0.1, 0.15) is 0 Å². The maximum Gasteiger partial charge on any atom is 0.0730 e. The molecule has 0 aliphatic carbocycles. The third-order valence-electron chi connectivity index (χ3n) is 3.66. The van der Waals surface area contributed by atoms with Crippen molar-refractivity contribution in [2.45, 2.75) is 0 Å². The summed E-state index contributed by atoms with van der Waals surface area (Å²) in [6.07, 6.45) is 0. The molecule has 3 nitrogen and oxygen atoms in total. The van der Waals surface area contributed by atoms with E-state index in [1.807, 2.05) is 24.3 Å². The number of para-hydroxylation sites is 1. The van der Waals surface area contributed by atoms with Crippen LogP contribution in [-0.4, -0.2) is 37.1 Å². The van der Waals surface area contributed by atoms with Crippen LogP contribution in [0.5, 0.6) is 0 Å². The largest absolute Gasteiger partial charge is 0.383 e. The Morgan fingerprint density at radius 2 is 1.68 bits per heavy atom. The third kappa shape index (κ3) is 3.26. The van der Waals surface area contributed by atoms with Gasteiger partial charge in [0, 0.05) is 29.7 Å². The molecular formula is C19H21N3. The van der Waals surface area contributed by atoms with E-state index in [9.17, 15) is 0 Å². The van der Waals surface area contributed by atoms with E-state index in [-0.39, 0.29) is 0 Å². The lowest BCUT2D eigenvalue weighted by Gasteiger charge is -2.14. The predicted octanol–water partition coefficient (Wildman–Crippen LogP) is 3.88. The summed E-state index contributed by atoms with van der Waals surface area (Å²) in [6, 6.07) is 20.7. The monoisotopic (exact) mass is 291 g/mol. The number of benzene rings is 2. The smallest absolute Gasteiger partial charge is 0.0730 e. The quantitative estimate of drug-likeness (QED) is 0.773. The summed E-state index contributed by atoms with van der Waals surface area (Å²) in [4.78, 5) is 6.97. The van der Waals surface area contributed by atoms with Gasteiger partial charge in [0.2, 0.25) is 0 Å². The van der Waals surface area contributed by atoms with Crippen LogP contribution in [0.4, 0.5) is 5.69 Å². The molecule has 22 heavy (non-hydrogen) atoms. The number of anilines is 1. The second-order valence-corrected chi connectivity index (χ2v) is 5.67. The SMILES string of the molecule is CN(C)CCNc1cc(-c2ccccc2)nc2ccccc12. The number of nitrogens with one attached hydrogen (secondary N) is 1. The summed E-state index contributed by atoms with van der Waals surface area (Å²) in [5.41, 5.74) is 4.32. The van der Waals surface area contributed by atoms with Crippen LogP contribution in [-0.2, 0) is 0 Å². The van der Waals surface area contributed by atoms with Gasteiger partial charge in [-0.25, -0.2) is 4.98 Å². The third-order valence-corrected chi connectivity index (χ3v) is 3.66. The second kappa shape index (κ2) is 6.58. The van der Waals surface area contributed by atoms with Crippen molar-refractivity contribution in [3.8, 4) is 11.3 Å². The van der Waals surface area contributed by atoms with Gasteiger partial charge in [0.1, 0.15) is 0 Å². The highest BCUT2D eigenvalue weighted by molar-refractivity contribution is 5.93. The van der Waals surface area contributed by atoms with Gasteiger partial charge in [-0.3, -0.25) is 0 Å². The highest BCUT2D eigenvalue weighted by Gasteiger charge is 2.07. The maximum absolute atomic E-state index is 4.80. The topological polar surface area (TPSA) is 28.2 Å². The molecule has 0 spiro atoms. The summed E-state index contributed by atoms with van der Waals surface area (Å²) in [5, 5.41) is 4.72. The van der Waals surface area contributed by atoms with E-state index in [1.165, 1.54) is 5.39 Å². The zero-order valence-corrected chi connectivity index (χ0v) is 13.1. The number of pyridine rings is 1. The Labute approximate surface area is 131 Å². The molecule has 3 rings (SSSR count). The van der Waals surface area contributed by atoms with Gasteiger partial charge in [-0.1, -0.05) is 48.5 Å². The fraction of sp³-hybridized carbons (Fsp3) is 0.211. The minimum atomic E-state index is 0.912. The highest BCUT2D eigenvalue weighted by atomic mass is 15.1. The van der Waals surface area contributed by atoms with Crippen LogP contribution in [0.3, 0.4) is 0 Å². The van der Waals surface area contributed by atoms with Gasteiger partial charge in [-0.15, -0.1) is 0 Å². The Bertz CT molecular complexity index is 751. The van der Waals surface area contributed by atoms with Crippen molar-refractivity contribution < 1.29 is 0 Å². The van der Waals surface area contributed by atoms with Gasteiger partial charge in [-0.05, 0) is 26.2 Å². The number of fused-ring (bicyclic) bond motifs is 1. The molecule has 112 valence electrons. The van der Waals surface area contributed by atoms with Gasteiger partial charge in [0.15, 0.2) is 0 Å². The molecule has 0 amide bonds. The Morgan fingerprint density at radius 3 is 2.45 bits per heavy atom. The van der Waals surface area contributed by atoms with Gasteiger partial charge in [-0.2, -0.15) is 0 Å². The van der Waals surface area contributed by atoms with Gasteiger partial charge in [0.05, 0.1) is 11.2 Å². The number of hydrogen-bond donors (Lipinski definition) is 1. The molecule has 2 aromatic carbocycles. The van der Waals surface area contributed by atoms with Gasteiger partial charge in [0.25, 0.3) is 0 Å². The molecule has 0 fully saturated rings. The molecule has 1 aromatic heterocycles. The first-order valence-corrected chi connectivity index (χ1v) is 7.58. The summed E-state index contributed by atoms with van der Waals surface area (Å²) in [7, 11) is 4.17. The van der Waals surface area contributed by atoms with E-state index >= 15 is 0 Å². The van der Waals surface area contributed by atoms with E-state index in [1.54, 1.807) is 0 Å². The number of hydrogen-bond acceptors (Lipinski definition) is 3. The van der Waals surface area contributed by atoms with Crippen molar-refractivity contribution in [3.05, 3.63) is 60.7 Å². The lowest BCUT2D eigenvalue weighted by molar-refractivity contribution is 0.425. The lowest BCUT2D eigenvalue weighted by atomic mass is 10.1. The number of rotatable bonds is 5. The molecule has 1 N–H and O–H groups in total. The van der Waals surface area contributed by atoms with E-state index in [0.29, 0.717) is 0 Å². The van der Waals surface area contributed by atoms with Gasteiger partial charge >= 0.3 is 0 Å². The second-order valence-electron chi connectivity index (χ2n) is 5.67. The highest BCUT2D eigenvalue weighted by Crippen LogP contribution is 2.28. The Kier molecular flexibility index (Phi) is 4.35. The number of aromatic nitrogens is 1. The average Bonchev–Trinajstić information content (AvgIpc) is 2.55.